The quantitative estimate of drug-likeness (QED) is 0.795. The predicted molar refractivity (Wildman–Crippen MR) is 71.4 cm³/mol. The van der Waals surface area contributed by atoms with Crippen LogP contribution in [0.15, 0.2) is 41.1 Å². The summed E-state index contributed by atoms with van der Waals surface area (Å²) in [6, 6.07) is 6.60. The molecule has 92 valence electrons. The minimum Gasteiger partial charge on any atom is -0.294 e. The molecule has 1 aromatic carbocycles. The maximum absolute atomic E-state index is 13.4. The summed E-state index contributed by atoms with van der Waals surface area (Å²) in [5.41, 5.74) is 0.699. The van der Waals surface area contributed by atoms with E-state index in [0.717, 1.165) is 10.7 Å². The van der Waals surface area contributed by atoms with E-state index in [1.165, 1.54) is 12.3 Å². The third-order valence-electron chi connectivity index (χ3n) is 2.44. The summed E-state index contributed by atoms with van der Waals surface area (Å²) in [4.78, 5) is 15.5. The second-order valence-corrected chi connectivity index (χ2v) is 5.01. The van der Waals surface area contributed by atoms with Gasteiger partial charge in [-0.2, -0.15) is 0 Å². The summed E-state index contributed by atoms with van der Waals surface area (Å²) in [7, 11) is 0. The summed E-state index contributed by atoms with van der Waals surface area (Å²) < 4.78 is 14.2. The van der Waals surface area contributed by atoms with Crippen LogP contribution in [0.3, 0.4) is 0 Å². The monoisotopic (exact) mass is 327 g/mol. The van der Waals surface area contributed by atoms with Gasteiger partial charge in [0, 0.05) is 22.1 Å². The molecular weight excluding hydrogens is 321 g/mol. The Labute approximate surface area is 117 Å². The van der Waals surface area contributed by atoms with E-state index < -0.39 is 5.82 Å². The van der Waals surface area contributed by atoms with E-state index in [1.807, 2.05) is 0 Å². The molecule has 2 nitrogen and oxygen atoms in total. The third-order valence-corrected chi connectivity index (χ3v) is 3.28. The fourth-order valence-corrected chi connectivity index (χ4v) is 2.27. The highest BCUT2D eigenvalue weighted by molar-refractivity contribution is 9.10. The first-order valence-electron chi connectivity index (χ1n) is 5.14. The van der Waals surface area contributed by atoms with E-state index in [0.29, 0.717) is 10.6 Å². The molecule has 0 amide bonds. The Bertz CT molecular complexity index is 603. The van der Waals surface area contributed by atoms with Gasteiger partial charge in [-0.1, -0.05) is 33.6 Å². The predicted octanol–water partition coefficient (Wildman–Crippen LogP) is 4.06. The van der Waals surface area contributed by atoms with Crippen molar-refractivity contribution in [1.82, 2.24) is 4.98 Å². The summed E-state index contributed by atoms with van der Waals surface area (Å²) in [5.74, 6) is -0.935. The lowest BCUT2D eigenvalue weighted by molar-refractivity contribution is 0.0989. The number of pyridine rings is 1. The van der Waals surface area contributed by atoms with Gasteiger partial charge in [-0.15, -0.1) is 0 Å². The fraction of sp³-hybridized carbons (Fsp3) is 0.0769. The topological polar surface area (TPSA) is 30.0 Å². The van der Waals surface area contributed by atoms with Gasteiger partial charge in [0.15, 0.2) is 11.6 Å². The molecule has 18 heavy (non-hydrogen) atoms. The number of halogens is 3. The Morgan fingerprint density at radius 1 is 1.39 bits per heavy atom. The third kappa shape index (κ3) is 2.94. The van der Waals surface area contributed by atoms with Gasteiger partial charge in [0.05, 0.1) is 11.8 Å². The first-order valence-corrected chi connectivity index (χ1v) is 6.31. The first kappa shape index (κ1) is 13.2. The molecule has 0 saturated carbocycles. The Kier molecular flexibility index (Phi) is 4.09. The number of carbonyl (C=O) groups is 1. The minimum absolute atomic E-state index is 0.0315. The molecule has 1 aromatic heterocycles. The number of hydrogen-bond acceptors (Lipinski definition) is 2. The average Bonchev–Trinajstić information content (AvgIpc) is 2.33. The number of aromatic nitrogens is 1. The number of carbonyl (C=O) groups excluding carboxylic acids is 1. The van der Waals surface area contributed by atoms with Crippen LogP contribution < -0.4 is 0 Å². The van der Waals surface area contributed by atoms with Crippen LogP contribution in [-0.2, 0) is 6.42 Å². The van der Waals surface area contributed by atoms with Crippen LogP contribution in [0.1, 0.15) is 15.9 Å². The SMILES string of the molecule is O=C(Cc1ccc(Br)cc1Cl)c1ccncc1F. The average molecular weight is 329 g/mol. The highest BCUT2D eigenvalue weighted by atomic mass is 79.9. The molecule has 2 rings (SSSR count). The Morgan fingerprint density at radius 2 is 2.17 bits per heavy atom. The molecule has 0 spiro atoms. The molecular formula is C13H8BrClFNO. The van der Waals surface area contributed by atoms with E-state index in [1.54, 1.807) is 18.2 Å². The summed E-state index contributed by atoms with van der Waals surface area (Å²) in [6.45, 7) is 0. The number of Topliss-reactive ketones (excluding diaryl/α,β-unsaturated/α-hetero) is 1. The highest BCUT2D eigenvalue weighted by Gasteiger charge is 2.13. The van der Waals surface area contributed by atoms with Crippen molar-refractivity contribution in [3.8, 4) is 0 Å². The van der Waals surface area contributed by atoms with Crippen molar-refractivity contribution in [1.29, 1.82) is 0 Å². The second-order valence-electron chi connectivity index (χ2n) is 3.69. The lowest BCUT2D eigenvalue weighted by Crippen LogP contribution is -2.06. The molecule has 5 heteroatoms. The largest absolute Gasteiger partial charge is 0.294 e. The van der Waals surface area contributed by atoms with Gasteiger partial charge in [0.2, 0.25) is 0 Å². The molecule has 0 aliphatic carbocycles. The van der Waals surface area contributed by atoms with Crippen molar-refractivity contribution in [2.75, 3.05) is 0 Å². The molecule has 1 heterocycles. The van der Waals surface area contributed by atoms with Crippen LogP contribution in [0.4, 0.5) is 4.39 Å². The number of hydrogen-bond donors (Lipinski definition) is 0. The fourth-order valence-electron chi connectivity index (χ4n) is 1.53. The first-order chi connectivity index (χ1) is 8.58. The number of nitrogens with zero attached hydrogens (tertiary/aromatic N) is 1. The Morgan fingerprint density at radius 3 is 2.83 bits per heavy atom. The molecule has 0 saturated heterocycles. The van der Waals surface area contributed by atoms with E-state index in [4.69, 9.17) is 11.6 Å². The van der Waals surface area contributed by atoms with Crippen LogP contribution in [0, 0.1) is 5.82 Å². The van der Waals surface area contributed by atoms with Crippen LogP contribution in [-0.4, -0.2) is 10.8 Å². The minimum atomic E-state index is -0.615. The zero-order valence-corrected chi connectivity index (χ0v) is 11.5. The zero-order valence-electron chi connectivity index (χ0n) is 9.16. The lowest BCUT2D eigenvalue weighted by Gasteiger charge is -2.05. The molecule has 0 unspecified atom stereocenters. The van der Waals surface area contributed by atoms with E-state index in [2.05, 4.69) is 20.9 Å². The summed E-state index contributed by atoms with van der Waals surface area (Å²) in [5, 5.41) is 0.479. The number of rotatable bonds is 3. The van der Waals surface area contributed by atoms with Crippen molar-refractivity contribution >= 4 is 33.3 Å². The van der Waals surface area contributed by atoms with E-state index in [-0.39, 0.29) is 17.8 Å². The molecule has 0 aliphatic heterocycles. The van der Waals surface area contributed by atoms with Crippen LogP contribution in [0.2, 0.25) is 5.02 Å². The maximum Gasteiger partial charge on any atom is 0.170 e. The lowest BCUT2D eigenvalue weighted by atomic mass is 10.0. The van der Waals surface area contributed by atoms with Crippen molar-refractivity contribution in [2.45, 2.75) is 6.42 Å². The van der Waals surface area contributed by atoms with Crippen molar-refractivity contribution in [2.24, 2.45) is 0 Å². The Balaban J connectivity index is 2.24. The maximum atomic E-state index is 13.4. The van der Waals surface area contributed by atoms with E-state index in [9.17, 15) is 9.18 Å². The van der Waals surface area contributed by atoms with Crippen molar-refractivity contribution < 1.29 is 9.18 Å². The Hall–Kier alpha value is -1.26. The van der Waals surface area contributed by atoms with Gasteiger partial charge in [-0.25, -0.2) is 4.39 Å². The van der Waals surface area contributed by atoms with Gasteiger partial charge >= 0.3 is 0 Å². The molecule has 0 atom stereocenters. The van der Waals surface area contributed by atoms with Gasteiger partial charge < -0.3 is 0 Å². The molecule has 2 aromatic rings. The van der Waals surface area contributed by atoms with Crippen LogP contribution in [0.25, 0.3) is 0 Å². The molecule has 0 radical (unpaired) electrons. The highest BCUT2D eigenvalue weighted by Crippen LogP contribution is 2.23. The van der Waals surface area contributed by atoms with E-state index >= 15 is 0 Å². The molecule has 0 fully saturated rings. The van der Waals surface area contributed by atoms with Gasteiger partial charge in [0.25, 0.3) is 0 Å². The normalized spacial score (nSPS) is 10.4. The van der Waals surface area contributed by atoms with Crippen molar-refractivity contribution in [3.63, 3.8) is 0 Å². The number of benzene rings is 1. The molecule has 0 bridgehead atoms. The zero-order chi connectivity index (χ0) is 13.1. The summed E-state index contributed by atoms with van der Waals surface area (Å²) >= 11 is 9.29. The number of ketones is 1. The summed E-state index contributed by atoms with van der Waals surface area (Å²) in [6.07, 6.45) is 2.48. The second kappa shape index (κ2) is 5.59. The van der Waals surface area contributed by atoms with Gasteiger partial charge in [0.1, 0.15) is 0 Å². The molecule has 0 aliphatic rings. The van der Waals surface area contributed by atoms with Gasteiger partial charge in [-0.05, 0) is 23.8 Å². The van der Waals surface area contributed by atoms with Gasteiger partial charge in [-0.3, -0.25) is 9.78 Å². The smallest absolute Gasteiger partial charge is 0.170 e. The standard InChI is InChI=1S/C13H8BrClFNO/c14-9-2-1-8(11(15)6-9)5-13(18)10-3-4-17-7-12(10)16/h1-4,6-7H,5H2. The molecule has 0 N–H and O–H groups in total. The van der Waals surface area contributed by atoms with Crippen molar-refractivity contribution in [3.05, 3.63) is 63.1 Å². The van der Waals surface area contributed by atoms with Crippen LogP contribution >= 0.6 is 27.5 Å². The van der Waals surface area contributed by atoms with Crippen LogP contribution in [0.5, 0.6) is 0 Å².